The van der Waals surface area contributed by atoms with Crippen LogP contribution in [0.2, 0.25) is 0 Å². The number of fused-ring (bicyclic) bond motifs is 2. The van der Waals surface area contributed by atoms with Gasteiger partial charge in [-0.05, 0) is 59.7 Å². The van der Waals surface area contributed by atoms with Crippen molar-refractivity contribution in [2.75, 3.05) is 56.8 Å². The average molecular weight is 566 g/mol. The Kier molecular flexibility index (Phi) is 8.36. The summed E-state index contributed by atoms with van der Waals surface area (Å²) in [6.45, 7) is 10.2. The first kappa shape index (κ1) is 28.1. The van der Waals surface area contributed by atoms with Gasteiger partial charge in [-0.2, -0.15) is 0 Å². The summed E-state index contributed by atoms with van der Waals surface area (Å²) in [7, 11) is 1.70. The summed E-state index contributed by atoms with van der Waals surface area (Å²) in [5.41, 5.74) is 7.30. The zero-order chi connectivity index (χ0) is 28.9. The van der Waals surface area contributed by atoms with Crippen molar-refractivity contribution in [3.05, 3.63) is 119 Å². The van der Waals surface area contributed by atoms with Gasteiger partial charge in [-0.25, -0.2) is 0 Å². The van der Waals surface area contributed by atoms with Crippen molar-refractivity contribution >= 4 is 11.4 Å². The quantitative estimate of drug-likeness (QED) is 0.149. The predicted octanol–water partition coefficient (Wildman–Crippen LogP) is 7.28. The molecule has 2 aliphatic rings. The summed E-state index contributed by atoms with van der Waals surface area (Å²) in [6, 6.07) is 34.8. The van der Waals surface area contributed by atoms with Crippen LogP contribution in [-0.2, 0) is 32.3 Å². The van der Waals surface area contributed by atoms with Crippen molar-refractivity contribution in [3.8, 4) is 11.5 Å². The molecule has 0 N–H and O–H groups in total. The molecule has 0 atom stereocenters. The first-order valence-corrected chi connectivity index (χ1v) is 14.8. The molecule has 6 nitrogen and oxygen atoms in total. The summed E-state index contributed by atoms with van der Waals surface area (Å²) >= 11 is 0. The minimum Gasteiger partial charge on any atom is -0.555 e. The fourth-order valence-corrected chi connectivity index (χ4v) is 5.87. The molecule has 4 aromatic carbocycles. The largest absolute Gasteiger partial charge is 0.555 e. The number of nitrogens with zero attached hydrogens (tertiary/aromatic N) is 2. The van der Waals surface area contributed by atoms with Crippen LogP contribution in [0.1, 0.15) is 36.1 Å². The molecular formula is C36H41N2O4+. The summed E-state index contributed by atoms with van der Waals surface area (Å²) in [6.07, 6.45) is 0. The maximum Gasteiger partial charge on any atom is 0.261 e. The summed E-state index contributed by atoms with van der Waals surface area (Å²) in [5, 5.41) is 0. The van der Waals surface area contributed by atoms with Crippen LogP contribution < -0.4 is 14.5 Å². The second-order valence-electron chi connectivity index (χ2n) is 11.5. The van der Waals surface area contributed by atoms with Crippen molar-refractivity contribution in [2.24, 2.45) is 0 Å². The van der Waals surface area contributed by atoms with Gasteiger partial charge >= 0.3 is 0 Å². The fourth-order valence-electron chi connectivity index (χ4n) is 5.87. The third-order valence-corrected chi connectivity index (χ3v) is 8.43. The van der Waals surface area contributed by atoms with Gasteiger partial charge in [-0.15, -0.1) is 0 Å². The van der Waals surface area contributed by atoms with Crippen LogP contribution in [-0.4, -0.2) is 47.0 Å². The maximum atomic E-state index is 6.15. The molecule has 0 saturated heterocycles. The van der Waals surface area contributed by atoms with Crippen molar-refractivity contribution in [3.63, 3.8) is 0 Å². The van der Waals surface area contributed by atoms with Crippen molar-refractivity contribution in [1.82, 2.24) is 0 Å². The highest BCUT2D eigenvalue weighted by Gasteiger charge is 2.32. The van der Waals surface area contributed by atoms with Gasteiger partial charge in [0.2, 0.25) is 0 Å². The fraction of sp³-hybridized carbons (Fsp3) is 0.333. The van der Waals surface area contributed by atoms with E-state index in [2.05, 4.69) is 125 Å². The highest BCUT2D eigenvalue weighted by atomic mass is 16.7. The maximum absolute atomic E-state index is 6.15. The van der Waals surface area contributed by atoms with Gasteiger partial charge in [0.25, 0.3) is 12.5 Å². The van der Waals surface area contributed by atoms with Crippen molar-refractivity contribution in [2.45, 2.75) is 32.4 Å². The molecule has 6 heteroatoms. The Hall–Kier alpha value is -4.00. The zero-order valence-corrected chi connectivity index (χ0v) is 24.9. The molecule has 0 fully saturated rings. The van der Waals surface area contributed by atoms with Crippen LogP contribution in [0.15, 0.2) is 97.1 Å². The smallest absolute Gasteiger partial charge is 0.261 e. The number of methoxy groups -OCH3 is 1. The first-order chi connectivity index (χ1) is 20.5. The Morgan fingerprint density at radius 1 is 0.738 bits per heavy atom. The van der Waals surface area contributed by atoms with Gasteiger partial charge in [0.1, 0.15) is 12.4 Å². The molecule has 0 unspecified atom stereocenters. The number of hydrogen-bond acceptors (Lipinski definition) is 5. The van der Waals surface area contributed by atoms with E-state index >= 15 is 0 Å². The normalized spacial score (nSPS) is 14.8. The number of hydrogen-bond donors (Lipinski definition) is 0. The molecular weight excluding hydrogens is 524 g/mol. The van der Waals surface area contributed by atoms with E-state index in [1.807, 2.05) is 0 Å². The molecule has 6 rings (SSSR count). The summed E-state index contributed by atoms with van der Waals surface area (Å²) in [4.78, 5) is 4.69. The van der Waals surface area contributed by atoms with Crippen LogP contribution in [0, 0.1) is 0 Å². The topological polar surface area (TPSA) is 36.9 Å². The third kappa shape index (κ3) is 5.96. The molecule has 0 radical (unpaired) electrons. The lowest BCUT2D eigenvalue weighted by molar-refractivity contribution is -0.0907. The zero-order valence-electron chi connectivity index (χ0n) is 24.9. The van der Waals surface area contributed by atoms with Crippen LogP contribution in [0.25, 0.3) is 0 Å². The molecule has 4 aromatic rings. The molecule has 218 valence electrons. The van der Waals surface area contributed by atoms with E-state index in [0.717, 1.165) is 32.2 Å². The van der Waals surface area contributed by atoms with E-state index in [1.54, 1.807) is 7.11 Å². The minimum absolute atomic E-state index is 0.188. The van der Waals surface area contributed by atoms with Gasteiger partial charge < -0.3 is 23.5 Å². The van der Waals surface area contributed by atoms with Gasteiger partial charge in [0.15, 0.2) is 13.3 Å². The van der Waals surface area contributed by atoms with Crippen LogP contribution in [0.5, 0.6) is 11.5 Å². The number of ether oxygens (including phenoxy) is 3. The Morgan fingerprint density at radius 3 is 2.10 bits per heavy atom. The van der Waals surface area contributed by atoms with Gasteiger partial charge in [-0.1, -0.05) is 56.3 Å². The molecule has 0 amide bonds. The van der Waals surface area contributed by atoms with Gasteiger partial charge in [0.05, 0.1) is 25.3 Å². The molecule has 0 spiro atoms. The van der Waals surface area contributed by atoms with E-state index in [4.69, 9.17) is 14.2 Å². The third-order valence-electron chi connectivity index (χ3n) is 8.43. The minimum atomic E-state index is -0.188. The monoisotopic (exact) mass is 565 g/mol. The highest BCUT2D eigenvalue weighted by molar-refractivity contribution is 5.54. The van der Waals surface area contributed by atoms with E-state index in [1.165, 1.54) is 39.4 Å². The standard InChI is InChI=1S/C36H41N2O4/c1-36(2,30-14-16-34-28(22-30)24-37(26-41-34)32-10-6-4-7-11-32)31-15-17-35-29(23-31)25-38(33-12-8-5-9-13-33)27-42(35)21-20-40-19-18-39-3/h4-17,22-23H,18-21,24-27H2,1-3H3/q+1. The number of benzene rings is 4. The SMILES string of the molecule is COCCOCC[O+]1CN(c2ccccc2)Cc2cc(C(C)(C)c3ccc4c(c3)CN(c3ccccc3)CO4)ccc21. The van der Waals surface area contributed by atoms with Crippen LogP contribution in [0.3, 0.4) is 0 Å². The number of rotatable bonds is 10. The molecule has 2 aliphatic heterocycles. The first-order valence-electron chi connectivity index (χ1n) is 14.8. The highest BCUT2D eigenvalue weighted by Crippen LogP contribution is 2.42. The Bertz CT molecular complexity index is 1470. The second kappa shape index (κ2) is 12.5. The lowest BCUT2D eigenvalue weighted by Gasteiger charge is -2.38. The lowest BCUT2D eigenvalue weighted by Crippen LogP contribution is -2.36. The molecule has 2 heterocycles. The van der Waals surface area contributed by atoms with Gasteiger partial charge in [-0.3, -0.25) is 4.90 Å². The van der Waals surface area contributed by atoms with Crippen molar-refractivity contribution in [1.29, 1.82) is 0 Å². The van der Waals surface area contributed by atoms with Crippen LogP contribution in [0.4, 0.5) is 11.4 Å². The van der Waals surface area contributed by atoms with Gasteiger partial charge in [0, 0.05) is 42.1 Å². The lowest BCUT2D eigenvalue weighted by atomic mass is 9.77. The molecule has 0 aromatic heterocycles. The molecule has 0 aliphatic carbocycles. The van der Waals surface area contributed by atoms with E-state index in [-0.39, 0.29) is 5.41 Å². The second-order valence-corrected chi connectivity index (χ2v) is 11.5. The van der Waals surface area contributed by atoms with E-state index < -0.39 is 0 Å². The predicted molar refractivity (Wildman–Crippen MR) is 169 cm³/mol. The summed E-state index contributed by atoms with van der Waals surface area (Å²) < 4.78 is 20.6. The van der Waals surface area contributed by atoms with E-state index in [9.17, 15) is 0 Å². The van der Waals surface area contributed by atoms with Crippen LogP contribution >= 0.6 is 0 Å². The van der Waals surface area contributed by atoms with Crippen molar-refractivity contribution < 1.29 is 18.6 Å². The average Bonchev–Trinajstić information content (AvgIpc) is 3.04. The molecule has 0 bridgehead atoms. The summed E-state index contributed by atoms with van der Waals surface area (Å²) in [5.74, 6) is 2.18. The Morgan fingerprint density at radius 2 is 1.38 bits per heavy atom. The number of para-hydroxylation sites is 2. The van der Waals surface area contributed by atoms with E-state index in [0.29, 0.717) is 26.6 Å². The molecule has 42 heavy (non-hydrogen) atoms. The molecule has 0 saturated carbocycles. The number of anilines is 2. The Balaban J connectivity index is 1.27. The Labute approximate surface area is 249 Å².